The van der Waals surface area contributed by atoms with E-state index in [2.05, 4.69) is 0 Å². The molecule has 1 heterocycles. The summed E-state index contributed by atoms with van der Waals surface area (Å²) < 4.78 is 10.2. The Labute approximate surface area is 83.3 Å². The van der Waals surface area contributed by atoms with Gasteiger partial charge in [-0.15, -0.1) is 0 Å². The van der Waals surface area contributed by atoms with Crippen LogP contribution in [-0.4, -0.2) is 52.6 Å². The van der Waals surface area contributed by atoms with Gasteiger partial charge in [0.2, 0.25) is 0 Å². The molecule has 0 radical (unpaired) electrons. The van der Waals surface area contributed by atoms with Crippen LogP contribution in [0.4, 0.5) is 0 Å². The fourth-order valence-electron chi connectivity index (χ4n) is 1.46. The molecule has 3 N–H and O–H groups in total. The van der Waals surface area contributed by atoms with Crippen LogP contribution < -0.4 is 0 Å². The van der Waals surface area contributed by atoms with Crippen LogP contribution in [0.25, 0.3) is 0 Å². The molecule has 0 aliphatic carbocycles. The van der Waals surface area contributed by atoms with Crippen molar-refractivity contribution in [1.82, 2.24) is 0 Å². The summed E-state index contributed by atoms with van der Waals surface area (Å²) in [6.45, 7) is 4.00. The molecule has 0 saturated carbocycles. The molecule has 0 spiro atoms. The molecule has 5 nitrogen and oxygen atoms in total. The van der Waals surface area contributed by atoms with E-state index in [-0.39, 0.29) is 0 Å². The highest BCUT2D eigenvalue weighted by Crippen LogP contribution is 2.21. The van der Waals surface area contributed by atoms with Gasteiger partial charge in [-0.2, -0.15) is 0 Å². The highest BCUT2D eigenvalue weighted by molar-refractivity contribution is 4.87. The van der Waals surface area contributed by atoms with Crippen LogP contribution >= 0.6 is 0 Å². The molecule has 0 amide bonds. The molecule has 1 unspecified atom stereocenters. The zero-order valence-corrected chi connectivity index (χ0v) is 8.46. The summed E-state index contributed by atoms with van der Waals surface area (Å²) in [4.78, 5) is 0. The number of hydrogen-bond acceptors (Lipinski definition) is 5. The lowest BCUT2D eigenvalue weighted by Gasteiger charge is -2.39. The lowest BCUT2D eigenvalue weighted by atomic mass is 10.00. The minimum absolute atomic E-state index is 0.443. The van der Waals surface area contributed by atoms with Crippen molar-refractivity contribution in [3.05, 3.63) is 0 Å². The molecule has 84 valence electrons. The second kappa shape index (κ2) is 5.04. The Morgan fingerprint density at radius 2 is 1.86 bits per heavy atom. The van der Waals surface area contributed by atoms with Gasteiger partial charge in [-0.25, -0.2) is 0 Å². The lowest BCUT2D eigenvalue weighted by Crippen LogP contribution is -2.57. The highest BCUT2D eigenvalue weighted by atomic mass is 16.6. The molecular formula is C9H18O5. The molecule has 0 aromatic carbocycles. The second-order valence-electron chi connectivity index (χ2n) is 3.55. The van der Waals surface area contributed by atoms with Crippen LogP contribution in [0.2, 0.25) is 0 Å². The van der Waals surface area contributed by atoms with Crippen LogP contribution in [0.15, 0.2) is 0 Å². The summed E-state index contributed by atoms with van der Waals surface area (Å²) in [5, 5.41) is 28.4. The maximum Gasteiger partial charge on any atom is 0.183 e. The van der Waals surface area contributed by atoms with Gasteiger partial charge in [0.15, 0.2) is 6.29 Å². The van der Waals surface area contributed by atoms with E-state index in [9.17, 15) is 15.3 Å². The predicted octanol–water partition coefficient (Wildman–Crippen LogP) is -0.760. The van der Waals surface area contributed by atoms with Crippen molar-refractivity contribution in [2.24, 2.45) is 0 Å². The molecule has 1 aliphatic heterocycles. The van der Waals surface area contributed by atoms with Crippen molar-refractivity contribution in [1.29, 1.82) is 0 Å². The van der Waals surface area contributed by atoms with E-state index < -0.39 is 30.7 Å². The number of ether oxygens (including phenoxy) is 2. The molecule has 0 bridgehead atoms. The van der Waals surface area contributed by atoms with Gasteiger partial charge in [-0.3, -0.25) is 0 Å². The van der Waals surface area contributed by atoms with Crippen LogP contribution in [0.1, 0.15) is 20.3 Å². The van der Waals surface area contributed by atoms with E-state index in [0.717, 1.165) is 6.42 Å². The van der Waals surface area contributed by atoms with E-state index in [1.54, 1.807) is 6.92 Å². The van der Waals surface area contributed by atoms with Crippen molar-refractivity contribution in [3.63, 3.8) is 0 Å². The van der Waals surface area contributed by atoms with Gasteiger partial charge >= 0.3 is 0 Å². The Hall–Kier alpha value is -0.200. The summed E-state index contributed by atoms with van der Waals surface area (Å²) in [5.74, 6) is 0. The first kappa shape index (κ1) is 11.9. The van der Waals surface area contributed by atoms with Gasteiger partial charge in [-0.1, -0.05) is 6.92 Å². The van der Waals surface area contributed by atoms with Crippen LogP contribution in [-0.2, 0) is 9.47 Å². The Balaban J connectivity index is 2.57. The fourth-order valence-corrected chi connectivity index (χ4v) is 1.46. The van der Waals surface area contributed by atoms with Gasteiger partial charge in [0.25, 0.3) is 0 Å². The molecule has 0 aromatic heterocycles. The Morgan fingerprint density at radius 1 is 1.21 bits per heavy atom. The predicted molar refractivity (Wildman–Crippen MR) is 48.6 cm³/mol. The van der Waals surface area contributed by atoms with Crippen molar-refractivity contribution in [2.45, 2.75) is 51.0 Å². The third-order valence-electron chi connectivity index (χ3n) is 2.31. The monoisotopic (exact) mass is 206 g/mol. The minimum atomic E-state index is -1.28. The van der Waals surface area contributed by atoms with E-state index >= 15 is 0 Å². The number of aliphatic hydroxyl groups is 3. The fraction of sp³-hybridized carbons (Fsp3) is 1.00. The Morgan fingerprint density at radius 3 is 2.43 bits per heavy atom. The molecular weight excluding hydrogens is 188 g/mol. The smallest absolute Gasteiger partial charge is 0.183 e. The molecule has 5 atom stereocenters. The molecule has 1 saturated heterocycles. The standard InChI is InChI=1S/C9H18O5/c1-3-4-13-8-6(10)5(2)14-9(12)7(8)11/h5-12H,3-4H2,1-2H3/t5-,6-,7+,8+,9?/m0/s1. The van der Waals surface area contributed by atoms with Gasteiger partial charge < -0.3 is 24.8 Å². The summed E-state index contributed by atoms with van der Waals surface area (Å²) >= 11 is 0. The second-order valence-corrected chi connectivity index (χ2v) is 3.55. The third-order valence-corrected chi connectivity index (χ3v) is 2.31. The summed E-state index contributed by atoms with van der Waals surface area (Å²) in [7, 11) is 0. The highest BCUT2D eigenvalue weighted by Gasteiger charge is 2.42. The van der Waals surface area contributed by atoms with Crippen molar-refractivity contribution in [2.75, 3.05) is 6.61 Å². The topological polar surface area (TPSA) is 79.2 Å². The van der Waals surface area contributed by atoms with E-state index in [0.29, 0.717) is 6.61 Å². The van der Waals surface area contributed by atoms with Crippen LogP contribution in [0.3, 0.4) is 0 Å². The zero-order valence-electron chi connectivity index (χ0n) is 8.46. The van der Waals surface area contributed by atoms with Crippen molar-refractivity contribution >= 4 is 0 Å². The molecule has 1 aliphatic rings. The maximum atomic E-state index is 9.63. The number of aliphatic hydroxyl groups excluding tert-OH is 3. The molecule has 14 heavy (non-hydrogen) atoms. The van der Waals surface area contributed by atoms with Gasteiger partial charge in [0, 0.05) is 6.61 Å². The average Bonchev–Trinajstić information content (AvgIpc) is 2.15. The molecule has 5 heteroatoms. The number of hydrogen-bond donors (Lipinski definition) is 3. The SMILES string of the molecule is CCCO[C@@H]1[C@@H](O)[C@H](C)OC(O)[C@@H]1O. The summed E-state index contributed by atoms with van der Waals surface area (Å²) in [6.07, 6.45) is -3.88. The summed E-state index contributed by atoms with van der Waals surface area (Å²) in [5.41, 5.74) is 0. The van der Waals surface area contributed by atoms with Gasteiger partial charge in [0.1, 0.15) is 18.3 Å². The van der Waals surface area contributed by atoms with Crippen molar-refractivity contribution in [3.8, 4) is 0 Å². The van der Waals surface area contributed by atoms with E-state index in [1.165, 1.54) is 0 Å². The van der Waals surface area contributed by atoms with Crippen LogP contribution in [0, 0.1) is 0 Å². The molecule has 0 aromatic rings. The maximum absolute atomic E-state index is 9.63. The molecule has 1 fully saturated rings. The summed E-state index contributed by atoms with van der Waals surface area (Å²) in [6, 6.07) is 0. The zero-order chi connectivity index (χ0) is 10.7. The lowest BCUT2D eigenvalue weighted by molar-refractivity contribution is -0.286. The van der Waals surface area contributed by atoms with Crippen molar-refractivity contribution < 1.29 is 24.8 Å². The van der Waals surface area contributed by atoms with E-state index in [1.807, 2.05) is 6.92 Å². The molecule has 1 rings (SSSR count). The third kappa shape index (κ3) is 2.43. The van der Waals surface area contributed by atoms with Gasteiger partial charge in [-0.05, 0) is 13.3 Å². The first-order valence-electron chi connectivity index (χ1n) is 4.89. The number of rotatable bonds is 3. The minimum Gasteiger partial charge on any atom is -0.388 e. The Kier molecular flexibility index (Phi) is 4.28. The van der Waals surface area contributed by atoms with E-state index in [4.69, 9.17) is 9.47 Å². The van der Waals surface area contributed by atoms with Crippen LogP contribution in [0.5, 0.6) is 0 Å². The first-order valence-corrected chi connectivity index (χ1v) is 4.89. The van der Waals surface area contributed by atoms with Gasteiger partial charge in [0.05, 0.1) is 6.10 Å². The normalized spacial score (nSPS) is 43.9. The largest absolute Gasteiger partial charge is 0.388 e. The average molecular weight is 206 g/mol. The quantitative estimate of drug-likeness (QED) is 0.565. The Bertz CT molecular complexity index is 161. The first-order chi connectivity index (χ1) is 6.57.